The number of benzene rings is 1. The lowest BCUT2D eigenvalue weighted by Crippen LogP contribution is -2.40. The monoisotopic (exact) mass is 417 g/mol. The van der Waals surface area contributed by atoms with Crippen molar-refractivity contribution in [1.82, 2.24) is 24.5 Å². The minimum Gasteiger partial charge on any atom is -0.342 e. The Balaban J connectivity index is 1.50. The molecule has 1 aromatic carbocycles. The van der Waals surface area contributed by atoms with Crippen LogP contribution in [0.1, 0.15) is 55.0 Å². The SMILES string of the molecule is CCC(C(=O)N1CCC(c2cc(C(F)(F)F)n3ncnc3n2)CC1)c1ccccc1. The van der Waals surface area contributed by atoms with Gasteiger partial charge in [-0.3, -0.25) is 4.79 Å². The normalized spacial score (nSPS) is 16.7. The van der Waals surface area contributed by atoms with E-state index in [2.05, 4.69) is 15.1 Å². The van der Waals surface area contributed by atoms with E-state index in [9.17, 15) is 18.0 Å². The van der Waals surface area contributed by atoms with Crippen molar-refractivity contribution in [2.45, 2.75) is 44.2 Å². The molecule has 1 aliphatic rings. The third kappa shape index (κ3) is 3.88. The third-order valence-electron chi connectivity index (χ3n) is 5.70. The number of alkyl halides is 3. The van der Waals surface area contributed by atoms with E-state index in [1.807, 2.05) is 42.2 Å². The van der Waals surface area contributed by atoms with Crippen LogP contribution in [-0.2, 0) is 11.0 Å². The second-order valence-corrected chi connectivity index (χ2v) is 7.51. The molecule has 30 heavy (non-hydrogen) atoms. The van der Waals surface area contributed by atoms with Crippen molar-refractivity contribution in [2.75, 3.05) is 13.1 Å². The molecule has 0 N–H and O–H groups in total. The van der Waals surface area contributed by atoms with Gasteiger partial charge in [0.1, 0.15) is 6.33 Å². The van der Waals surface area contributed by atoms with Crippen molar-refractivity contribution in [3.8, 4) is 0 Å². The van der Waals surface area contributed by atoms with Crippen LogP contribution in [0.25, 0.3) is 5.78 Å². The Labute approximate surface area is 171 Å². The van der Waals surface area contributed by atoms with Crippen LogP contribution in [-0.4, -0.2) is 43.5 Å². The number of likely N-dealkylation sites (tertiary alicyclic amines) is 1. The number of hydrogen-bond acceptors (Lipinski definition) is 4. The maximum atomic E-state index is 13.4. The zero-order valence-corrected chi connectivity index (χ0v) is 16.5. The van der Waals surface area contributed by atoms with Crippen molar-refractivity contribution >= 4 is 11.7 Å². The van der Waals surface area contributed by atoms with Gasteiger partial charge in [-0.1, -0.05) is 37.3 Å². The first-order valence-corrected chi connectivity index (χ1v) is 10.00. The molecule has 1 amide bonds. The molecule has 0 bridgehead atoms. The first kappa shape index (κ1) is 20.3. The van der Waals surface area contributed by atoms with E-state index in [1.54, 1.807) is 0 Å². The van der Waals surface area contributed by atoms with Crippen molar-refractivity contribution in [3.05, 3.63) is 59.7 Å². The molecule has 6 nitrogen and oxygen atoms in total. The van der Waals surface area contributed by atoms with Crippen LogP contribution in [0.3, 0.4) is 0 Å². The summed E-state index contributed by atoms with van der Waals surface area (Å²) in [6.07, 6.45) is -1.67. The van der Waals surface area contributed by atoms with Gasteiger partial charge in [-0.15, -0.1) is 0 Å². The van der Waals surface area contributed by atoms with Crippen LogP contribution in [0.5, 0.6) is 0 Å². The quantitative estimate of drug-likeness (QED) is 0.643. The van der Waals surface area contributed by atoms with Gasteiger partial charge in [0, 0.05) is 24.7 Å². The Bertz CT molecular complexity index is 1030. The molecule has 1 atom stereocenters. The average Bonchev–Trinajstić information content (AvgIpc) is 3.22. The average molecular weight is 417 g/mol. The van der Waals surface area contributed by atoms with Gasteiger partial charge in [-0.05, 0) is 30.9 Å². The lowest BCUT2D eigenvalue weighted by molar-refractivity contribution is -0.142. The maximum absolute atomic E-state index is 13.4. The van der Waals surface area contributed by atoms with E-state index in [0.29, 0.717) is 42.6 Å². The largest absolute Gasteiger partial charge is 0.433 e. The summed E-state index contributed by atoms with van der Waals surface area (Å²) in [5, 5.41) is 3.63. The molecule has 1 saturated heterocycles. The summed E-state index contributed by atoms with van der Waals surface area (Å²) in [5.41, 5.74) is 0.458. The first-order chi connectivity index (χ1) is 14.4. The van der Waals surface area contributed by atoms with Gasteiger partial charge in [-0.2, -0.15) is 27.8 Å². The third-order valence-corrected chi connectivity index (χ3v) is 5.70. The van der Waals surface area contributed by atoms with E-state index in [4.69, 9.17) is 0 Å². The molecular formula is C21H22F3N5O. The van der Waals surface area contributed by atoms with E-state index in [0.717, 1.165) is 18.0 Å². The minimum atomic E-state index is -4.55. The molecule has 0 aliphatic carbocycles. The van der Waals surface area contributed by atoms with Crippen LogP contribution in [0.4, 0.5) is 13.2 Å². The number of carbonyl (C=O) groups excluding carboxylic acids is 1. The van der Waals surface area contributed by atoms with Crippen LogP contribution in [0.2, 0.25) is 0 Å². The van der Waals surface area contributed by atoms with Gasteiger partial charge in [0.2, 0.25) is 5.91 Å². The Hall–Kier alpha value is -2.97. The lowest BCUT2D eigenvalue weighted by atomic mass is 9.90. The number of fused-ring (bicyclic) bond motifs is 1. The molecule has 4 rings (SSSR count). The number of hydrogen-bond donors (Lipinski definition) is 0. The second kappa shape index (κ2) is 8.04. The van der Waals surface area contributed by atoms with E-state index in [-0.39, 0.29) is 23.5 Å². The highest BCUT2D eigenvalue weighted by Crippen LogP contribution is 2.34. The van der Waals surface area contributed by atoms with Crippen molar-refractivity contribution < 1.29 is 18.0 Å². The summed E-state index contributed by atoms with van der Waals surface area (Å²) >= 11 is 0. The Morgan fingerprint density at radius 2 is 1.90 bits per heavy atom. The highest BCUT2D eigenvalue weighted by atomic mass is 19.4. The molecule has 0 spiro atoms. The lowest BCUT2D eigenvalue weighted by Gasteiger charge is -2.34. The molecule has 1 fully saturated rings. The van der Waals surface area contributed by atoms with Crippen molar-refractivity contribution in [1.29, 1.82) is 0 Å². The molecule has 1 aliphatic heterocycles. The number of rotatable bonds is 4. The molecule has 3 aromatic rings. The number of aromatic nitrogens is 4. The topological polar surface area (TPSA) is 63.4 Å². The van der Waals surface area contributed by atoms with Gasteiger partial charge in [0.15, 0.2) is 5.69 Å². The molecule has 158 valence electrons. The number of carbonyl (C=O) groups is 1. The fraction of sp³-hybridized carbons (Fsp3) is 0.429. The Kier molecular flexibility index (Phi) is 5.44. The van der Waals surface area contributed by atoms with Gasteiger partial charge in [-0.25, -0.2) is 4.98 Å². The van der Waals surface area contributed by atoms with Crippen molar-refractivity contribution in [3.63, 3.8) is 0 Å². The van der Waals surface area contributed by atoms with Gasteiger partial charge < -0.3 is 4.90 Å². The maximum Gasteiger partial charge on any atom is 0.433 e. The number of amides is 1. The van der Waals surface area contributed by atoms with E-state index >= 15 is 0 Å². The van der Waals surface area contributed by atoms with Gasteiger partial charge in [0.05, 0.1) is 5.92 Å². The van der Waals surface area contributed by atoms with Crippen LogP contribution in [0, 0.1) is 0 Å². The smallest absolute Gasteiger partial charge is 0.342 e. The van der Waals surface area contributed by atoms with Crippen LogP contribution >= 0.6 is 0 Å². The zero-order chi connectivity index (χ0) is 21.3. The molecule has 1 unspecified atom stereocenters. The highest BCUT2D eigenvalue weighted by molar-refractivity contribution is 5.83. The fourth-order valence-electron chi connectivity index (χ4n) is 4.10. The van der Waals surface area contributed by atoms with Gasteiger partial charge in [0.25, 0.3) is 5.78 Å². The number of piperidine rings is 1. The standard InChI is InChI=1S/C21H22F3N5O/c1-2-16(14-6-4-3-5-7-14)19(30)28-10-8-15(9-11-28)17-12-18(21(22,23)24)29-20(27-17)25-13-26-29/h3-7,12-13,15-16H,2,8-11H2,1H3. The summed E-state index contributed by atoms with van der Waals surface area (Å²) in [6.45, 7) is 2.97. The van der Waals surface area contributed by atoms with Crippen molar-refractivity contribution in [2.24, 2.45) is 0 Å². The molecule has 9 heteroatoms. The summed E-state index contributed by atoms with van der Waals surface area (Å²) in [6, 6.07) is 10.7. The Morgan fingerprint density at radius 3 is 2.53 bits per heavy atom. The molecule has 2 aromatic heterocycles. The number of halogens is 3. The summed E-state index contributed by atoms with van der Waals surface area (Å²) in [7, 11) is 0. The molecule has 0 radical (unpaired) electrons. The second-order valence-electron chi connectivity index (χ2n) is 7.51. The van der Waals surface area contributed by atoms with E-state index < -0.39 is 11.9 Å². The zero-order valence-electron chi connectivity index (χ0n) is 16.5. The fourth-order valence-corrected chi connectivity index (χ4v) is 4.10. The van der Waals surface area contributed by atoms with Gasteiger partial charge >= 0.3 is 6.18 Å². The highest BCUT2D eigenvalue weighted by Gasteiger charge is 2.36. The summed E-state index contributed by atoms with van der Waals surface area (Å²) < 4.78 is 41.0. The number of nitrogens with zero attached hydrogens (tertiary/aromatic N) is 5. The molecule has 0 saturated carbocycles. The predicted molar refractivity (Wildman–Crippen MR) is 104 cm³/mol. The minimum absolute atomic E-state index is 0.0616. The van der Waals surface area contributed by atoms with Crippen LogP contribution in [0.15, 0.2) is 42.7 Å². The summed E-state index contributed by atoms with van der Waals surface area (Å²) in [4.78, 5) is 23.0. The van der Waals surface area contributed by atoms with Crippen LogP contribution < -0.4 is 0 Å². The van der Waals surface area contributed by atoms with E-state index in [1.165, 1.54) is 0 Å². The first-order valence-electron chi connectivity index (χ1n) is 10.00. The predicted octanol–water partition coefficient (Wildman–Crippen LogP) is 4.04. The Morgan fingerprint density at radius 1 is 1.20 bits per heavy atom. The summed E-state index contributed by atoms with van der Waals surface area (Å²) in [5.74, 6) is -0.355. The molecule has 3 heterocycles. The molecular weight excluding hydrogens is 395 g/mol.